The van der Waals surface area contributed by atoms with Gasteiger partial charge in [0.25, 0.3) is 0 Å². The number of aliphatic hydroxyl groups is 1. The van der Waals surface area contributed by atoms with Crippen LogP contribution in [0.4, 0.5) is 5.69 Å². The summed E-state index contributed by atoms with van der Waals surface area (Å²) in [4.78, 5) is 23.4. The van der Waals surface area contributed by atoms with Crippen LogP contribution in [0.3, 0.4) is 0 Å². The largest absolute Gasteiger partial charge is 0.388 e. The number of anilines is 1. The second kappa shape index (κ2) is 5.93. The zero-order chi connectivity index (χ0) is 14.8. The van der Waals surface area contributed by atoms with Crippen LogP contribution in [0.5, 0.6) is 0 Å². The van der Waals surface area contributed by atoms with Crippen LogP contribution in [-0.2, 0) is 9.59 Å². The summed E-state index contributed by atoms with van der Waals surface area (Å²) in [6.07, 6.45) is 2.29. The van der Waals surface area contributed by atoms with Crippen molar-refractivity contribution in [3.63, 3.8) is 0 Å². The number of rotatable bonds is 3. The first-order valence-corrected chi connectivity index (χ1v) is 7.27. The fraction of sp³-hybridized carbons (Fsp3) is 0.429. The van der Waals surface area contributed by atoms with Crippen molar-refractivity contribution in [2.45, 2.75) is 31.8 Å². The monoisotopic (exact) mass is 340 g/mol. The number of benzene rings is 1. The first-order chi connectivity index (χ1) is 9.39. The molecule has 0 bridgehead atoms. The molecule has 3 N–H and O–H groups in total. The van der Waals surface area contributed by atoms with Gasteiger partial charge >= 0.3 is 11.8 Å². The normalized spacial score (nSPS) is 16.1. The number of nitrogens with one attached hydrogen (secondary N) is 2. The minimum Gasteiger partial charge on any atom is -0.388 e. The van der Waals surface area contributed by atoms with E-state index in [1.54, 1.807) is 12.1 Å². The fourth-order valence-electron chi connectivity index (χ4n) is 1.95. The molecule has 1 aromatic carbocycles. The summed E-state index contributed by atoms with van der Waals surface area (Å²) < 4.78 is 0.861. The van der Waals surface area contributed by atoms with Gasteiger partial charge in [0, 0.05) is 16.7 Å². The standard InChI is InChI=1S/C14H17BrN2O3/c1-9-3-4-10(7-11(9)15)17-13(19)12(18)16-8-14(20)5-2-6-14/h3-4,7,20H,2,5-6,8H2,1H3,(H,16,18)(H,17,19). The Balaban J connectivity index is 1.87. The van der Waals surface area contributed by atoms with E-state index in [4.69, 9.17) is 0 Å². The number of hydrogen-bond acceptors (Lipinski definition) is 3. The SMILES string of the molecule is Cc1ccc(NC(=O)C(=O)NCC2(O)CCC2)cc1Br. The molecule has 1 saturated carbocycles. The topological polar surface area (TPSA) is 78.4 Å². The summed E-state index contributed by atoms with van der Waals surface area (Å²) in [7, 11) is 0. The third-order valence-corrected chi connectivity index (χ3v) is 4.35. The molecule has 0 aromatic heterocycles. The van der Waals surface area contributed by atoms with Gasteiger partial charge in [0.2, 0.25) is 0 Å². The van der Waals surface area contributed by atoms with E-state index in [9.17, 15) is 14.7 Å². The molecule has 5 nitrogen and oxygen atoms in total. The van der Waals surface area contributed by atoms with Crippen molar-refractivity contribution in [3.8, 4) is 0 Å². The highest BCUT2D eigenvalue weighted by Gasteiger charge is 2.35. The smallest absolute Gasteiger partial charge is 0.313 e. The average molecular weight is 341 g/mol. The number of amides is 2. The predicted molar refractivity (Wildman–Crippen MR) is 79.3 cm³/mol. The van der Waals surface area contributed by atoms with Gasteiger partial charge in [-0.2, -0.15) is 0 Å². The van der Waals surface area contributed by atoms with Crippen molar-refractivity contribution in [3.05, 3.63) is 28.2 Å². The van der Waals surface area contributed by atoms with Crippen LogP contribution in [0.15, 0.2) is 22.7 Å². The van der Waals surface area contributed by atoms with Gasteiger partial charge in [0.15, 0.2) is 0 Å². The Morgan fingerprint density at radius 2 is 2.05 bits per heavy atom. The summed E-state index contributed by atoms with van der Waals surface area (Å²) in [5, 5.41) is 14.8. The van der Waals surface area contributed by atoms with Crippen molar-refractivity contribution in [1.82, 2.24) is 5.32 Å². The second-order valence-electron chi connectivity index (χ2n) is 5.18. The van der Waals surface area contributed by atoms with Crippen LogP contribution in [0.2, 0.25) is 0 Å². The minimum absolute atomic E-state index is 0.122. The van der Waals surface area contributed by atoms with Gasteiger partial charge < -0.3 is 15.7 Å². The van der Waals surface area contributed by atoms with Crippen molar-refractivity contribution < 1.29 is 14.7 Å². The molecule has 0 saturated heterocycles. The van der Waals surface area contributed by atoms with Crippen molar-refractivity contribution >= 4 is 33.4 Å². The number of hydrogen-bond donors (Lipinski definition) is 3. The maximum atomic E-state index is 11.7. The predicted octanol–water partition coefficient (Wildman–Crippen LogP) is 1.73. The van der Waals surface area contributed by atoms with Gasteiger partial charge in [-0.15, -0.1) is 0 Å². The highest BCUT2D eigenvalue weighted by molar-refractivity contribution is 9.10. The highest BCUT2D eigenvalue weighted by atomic mass is 79.9. The third kappa shape index (κ3) is 3.58. The van der Waals surface area contributed by atoms with Gasteiger partial charge in [0.1, 0.15) is 0 Å². The maximum Gasteiger partial charge on any atom is 0.313 e. The van der Waals surface area contributed by atoms with Crippen LogP contribution in [0.1, 0.15) is 24.8 Å². The average Bonchev–Trinajstić information content (AvgIpc) is 2.38. The fourth-order valence-corrected chi connectivity index (χ4v) is 2.32. The van der Waals surface area contributed by atoms with E-state index in [2.05, 4.69) is 26.6 Å². The molecule has 6 heteroatoms. The van der Waals surface area contributed by atoms with Gasteiger partial charge in [-0.3, -0.25) is 9.59 Å². The lowest BCUT2D eigenvalue weighted by atomic mass is 9.80. The van der Waals surface area contributed by atoms with E-state index in [-0.39, 0.29) is 6.54 Å². The van der Waals surface area contributed by atoms with Crippen LogP contribution in [-0.4, -0.2) is 29.1 Å². The van der Waals surface area contributed by atoms with Crippen LogP contribution in [0.25, 0.3) is 0 Å². The quantitative estimate of drug-likeness (QED) is 0.733. The molecule has 1 aromatic rings. The van der Waals surface area contributed by atoms with E-state index >= 15 is 0 Å². The zero-order valence-electron chi connectivity index (χ0n) is 11.2. The Hall–Kier alpha value is -1.40. The molecule has 0 aliphatic heterocycles. The molecule has 2 rings (SSSR count). The van der Waals surface area contributed by atoms with Crippen LogP contribution in [0, 0.1) is 6.92 Å². The van der Waals surface area contributed by atoms with Gasteiger partial charge in [-0.1, -0.05) is 22.0 Å². The van der Waals surface area contributed by atoms with Crippen LogP contribution >= 0.6 is 15.9 Å². The molecule has 1 aliphatic rings. The number of halogens is 1. The number of carbonyl (C=O) groups is 2. The van der Waals surface area contributed by atoms with E-state index in [0.29, 0.717) is 18.5 Å². The van der Waals surface area contributed by atoms with E-state index < -0.39 is 17.4 Å². The Morgan fingerprint density at radius 3 is 2.60 bits per heavy atom. The van der Waals surface area contributed by atoms with Gasteiger partial charge in [-0.05, 0) is 43.9 Å². The lowest BCUT2D eigenvalue weighted by Gasteiger charge is -2.36. The van der Waals surface area contributed by atoms with E-state index in [1.807, 2.05) is 13.0 Å². The maximum absolute atomic E-state index is 11.7. The molecule has 2 amide bonds. The summed E-state index contributed by atoms with van der Waals surface area (Å²) >= 11 is 3.36. The van der Waals surface area contributed by atoms with Crippen molar-refractivity contribution in [2.24, 2.45) is 0 Å². The number of carbonyl (C=O) groups excluding carboxylic acids is 2. The highest BCUT2D eigenvalue weighted by Crippen LogP contribution is 2.30. The van der Waals surface area contributed by atoms with Crippen molar-refractivity contribution in [2.75, 3.05) is 11.9 Å². The molecule has 0 heterocycles. The molecule has 0 radical (unpaired) electrons. The Morgan fingerprint density at radius 1 is 1.35 bits per heavy atom. The van der Waals surface area contributed by atoms with Gasteiger partial charge in [0.05, 0.1) is 5.60 Å². The molecule has 0 unspecified atom stereocenters. The molecule has 1 aliphatic carbocycles. The first-order valence-electron chi connectivity index (χ1n) is 6.47. The Kier molecular flexibility index (Phi) is 4.45. The minimum atomic E-state index is -0.831. The summed E-state index contributed by atoms with van der Waals surface area (Å²) in [6, 6.07) is 5.30. The molecule has 0 spiro atoms. The molecule has 108 valence electrons. The van der Waals surface area contributed by atoms with Gasteiger partial charge in [-0.25, -0.2) is 0 Å². The lowest BCUT2D eigenvalue weighted by molar-refractivity contribution is -0.137. The van der Waals surface area contributed by atoms with E-state index in [0.717, 1.165) is 16.5 Å². The molecule has 20 heavy (non-hydrogen) atoms. The second-order valence-corrected chi connectivity index (χ2v) is 6.03. The molecule has 1 fully saturated rings. The van der Waals surface area contributed by atoms with E-state index in [1.165, 1.54) is 0 Å². The first kappa shape index (κ1) is 15.0. The summed E-state index contributed by atoms with van der Waals surface area (Å²) in [5.74, 6) is -1.47. The van der Waals surface area contributed by atoms with Crippen LogP contribution < -0.4 is 10.6 Å². The summed E-state index contributed by atoms with van der Waals surface area (Å²) in [6.45, 7) is 2.05. The summed E-state index contributed by atoms with van der Waals surface area (Å²) in [5.41, 5.74) is 0.757. The third-order valence-electron chi connectivity index (χ3n) is 3.50. The molecule has 0 atom stereocenters. The Bertz CT molecular complexity index is 541. The number of aryl methyl sites for hydroxylation is 1. The molecular formula is C14H17BrN2O3. The lowest BCUT2D eigenvalue weighted by Crippen LogP contribution is -2.49. The zero-order valence-corrected chi connectivity index (χ0v) is 12.8. The molecular weight excluding hydrogens is 324 g/mol. The Labute approximate surface area is 125 Å². The van der Waals surface area contributed by atoms with Crippen molar-refractivity contribution in [1.29, 1.82) is 0 Å².